The molecule has 8 N–H and O–H groups in total. The lowest BCUT2D eigenvalue weighted by Crippen LogP contribution is -2.10. The van der Waals surface area contributed by atoms with Crippen molar-refractivity contribution in [3.63, 3.8) is 0 Å². The zero-order chi connectivity index (χ0) is 42.2. The van der Waals surface area contributed by atoms with Crippen molar-refractivity contribution in [1.29, 1.82) is 10.8 Å². The smallest absolute Gasteiger partial charge is 0.174 e. The summed E-state index contributed by atoms with van der Waals surface area (Å²) in [5, 5.41) is 32.3. The SMILES string of the molecule is N=C(N)c1ccc2nc(-c3ccc(Cn4cc(COc5ccc(-c6ccc(OCc7cn(Cc8ccc(-c9nc%10ccc(C(=N)N)cc%10[nH]9)o8)nn7)cc6)cc5)nn4)o3)[nH]c2c1. The number of ether oxygens (including phenoxy) is 2. The van der Waals surface area contributed by atoms with Gasteiger partial charge < -0.3 is 39.7 Å². The van der Waals surface area contributed by atoms with Gasteiger partial charge in [0.2, 0.25) is 0 Å². The Morgan fingerprint density at radius 2 is 1.00 bits per heavy atom. The van der Waals surface area contributed by atoms with E-state index in [0.29, 0.717) is 81.8 Å². The Balaban J connectivity index is 0.685. The largest absolute Gasteiger partial charge is 0.487 e. The number of hydrogen-bond acceptors (Lipinski definition) is 12. The van der Waals surface area contributed by atoms with Crippen LogP contribution >= 0.6 is 0 Å². The van der Waals surface area contributed by atoms with Crippen LogP contribution in [0.5, 0.6) is 11.5 Å². The Kier molecular flexibility index (Phi) is 9.52. The molecule has 0 amide bonds. The van der Waals surface area contributed by atoms with Crippen LogP contribution in [0.2, 0.25) is 0 Å². The number of aromatic amines is 2. The molecule has 6 heterocycles. The number of benzene rings is 4. The fourth-order valence-electron chi connectivity index (χ4n) is 6.85. The average Bonchev–Trinajstić information content (AvgIpc) is 4.15. The average molecular weight is 825 g/mol. The zero-order valence-corrected chi connectivity index (χ0v) is 32.7. The van der Waals surface area contributed by atoms with Gasteiger partial charge in [-0.3, -0.25) is 10.8 Å². The van der Waals surface area contributed by atoms with Crippen LogP contribution in [-0.4, -0.2) is 61.6 Å². The molecule has 0 unspecified atom stereocenters. The third kappa shape index (κ3) is 7.97. The van der Waals surface area contributed by atoms with Crippen LogP contribution in [0.4, 0.5) is 0 Å². The summed E-state index contributed by atoms with van der Waals surface area (Å²) < 4.78 is 27.5. The summed E-state index contributed by atoms with van der Waals surface area (Å²) in [6.45, 7) is 1.27. The van der Waals surface area contributed by atoms with E-state index in [9.17, 15) is 0 Å². The summed E-state index contributed by atoms with van der Waals surface area (Å²) in [6, 6.07) is 33.9. The third-order valence-electron chi connectivity index (χ3n) is 10.00. The third-order valence-corrected chi connectivity index (χ3v) is 10.00. The van der Waals surface area contributed by atoms with Gasteiger partial charge in [0.1, 0.15) is 72.4 Å². The van der Waals surface area contributed by atoms with E-state index in [1.54, 1.807) is 33.6 Å². The predicted molar refractivity (Wildman–Crippen MR) is 228 cm³/mol. The number of nitrogen functional groups attached to an aromatic ring is 2. The van der Waals surface area contributed by atoms with Gasteiger partial charge in [-0.15, -0.1) is 10.2 Å². The molecule has 10 aromatic rings. The lowest BCUT2D eigenvalue weighted by atomic mass is 10.1. The van der Waals surface area contributed by atoms with Gasteiger partial charge in [-0.05, 0) is 96.1 Å². The lowest BCUT2D eigenvalue weighted by molar-refractivity contribution is 0.301. The quantitative estimate of drug-likeness (QED) is 0.0470. The second kappa shape index (κ2) is 15.8. The van der Waals surface area contributed by atoms with Crippen LogP contribution in [0, 0.1) is 10.8 Å². The van der Waals surface area contributed by atoms with E-state index < -0.39 is 0 Å². The Labute approximate surface area is 351 Å². The van der Waals surface area contributed by atoms with Crippen LogP contribution < -0.4 is 20.9 Å². The van der Waals surface area contributed by atoms with Crippen LogP contribution in [0.15, 0.2) is 130 Å². The normalized spacial score (nSPS) is 11.4. The maximum Gasteiger partial charge on any atom is 0.174 e. The van der Waals surface area contributed by atoms with Crippen LogP contribution in [0.25, 0.3) is 56.4 Å². The molecule has 0 fully saturated rings. The highest BCUT2D eigenvalue weighted by Gasteiger charge is 2.15. The van der Waals surface area contributed by atoms with Gasteiger partial charge in [0.05, 0.1) is 34.5 Å². The molecule has 0 aliphatic carbocycles. The summed E-state index contributed by atoms with van der Waals surface area (Å²) in [4.78, 5) is 15.7. The number of rotatable bonds is 15. The topological polar surface area (TPSA) is 263 Å². The fraction of sp³-hybridized carbons (Fsp3) is 0.0909. The van der Waals surface area contributed by atoms with Crippen molar-refractivity contribution in [2.45, 2.75) is 26.3 Å². The fourth-order valence-corrected chi connectivity index (χ4v) is 6.85. The molecule has 0 spiro atoms. The van der Waals surface area contributed by atoms with Crippen molar-refractivity contribution in [1.82, 2.24) is 49.9 Å². The first kappa shape index (κ1) is 37.5. The summed E-state index contributed by atoms with van der Waals surface area (Å²) in [6.07, 6.45) is 3.64. The van der Waals surface area contributed by atoms with E-state index in [1.165, 1.54) is 0 Å². The minimum atomic E-state index is -0.00442. The molecule has 0 aliphatic heterocycles. The van der Waals surface area contributed by atoms with E-state index in [4.69, 9.17) is 40.6 Å². The summed E-state index contributed by atoms with van der Waals surface area (Å²) >= 11 is 0. The molecule has 18 nitrogen and oxygen atoms in total. The number of fused-ring (bicyclic) bond motifs is 2. The number of aromatic nitrogens is 10. The molecular formula is C44H36N14O4. The van der Waals surface area contributed by atoms with Gasteiger partial charge in [0.25, 0.3) is 0 Å². The van der Waals surface area contributed by atoms with E-state index in [2.05, 4.69) is 40.6 Å². The number of imidazole rings is 2. The molecule has 62 heavy (non-hydrogen) atoms. The van der Waals surface area contributed by atoms with Crippen LogP contribution in [0.3, 0.4) is 0 Å². The number of hydrogen-bond donors (Lipinski definition) is 6. The minimum absolute atomic E-state index is 0.00442. The van der Waals surface area contributed by atoms with Gasteiger partial charge >= 0.3 is 0 Å². The molecule has 0 aliphatic rings. The van der Waals surface area contributed by atoms with Crippen molar-refractivity contribution >= 4 is 33.7 Å². The Morgan fingerprint density at radius 1 is 0.565 bits per heavy atom. The molecule has 4 aromatic carbocycles. The van der Waals surface area contributed by atoms with Crippen molar-refractivity contribution in [2.75, 3.05) is 0 Å². The molecule has 0 bridgehead atoms. The lowest BCUT2D eigenvalue weighted by Gasteiger charge is -2.08. The molecule has 18 heteroatoms. The highest BCUT2D eigenvalue weighted by Crippen LogP contribution is 2.27. The van der Waals surface area contributed by atoms with Crippen molar-refractivity contribution < 1.29 is 18.3 Å². The zero-order valence-electron chi connectivity index (χ0n) is 32.7. The van der Waals surface area contributed by atoms with Gasteiger partial charge in [0.15, 0.2) is 23.2 Å². The van der Waals surface area contributed by atoms with E-state index in [0.717, 1.165) is 33.2 Å². The standard InChI is InChI=1S/C44H36N14O4/c45-41(46)27-5-13-35-37(17-27)51-43(49-35)39-15-11-33(61-39)21-57-19-29(53-55-57)23-59-31-7-1-25(2-8-31)26-3-9-32(10-4-26)60-24-30-20-58(56-54-30)22-34-12-16-40(62-34)44-50-36-14-6-28(42(47)48)18-38(36)52-44/h1-20H,21-24H2,(H3,45,46)(H3,47,48)(H,49,51)(H,50,52). The summed E-state index contributed by atoms with van der Waals surface area (Å²) in [7, 11) is 0. The van der Waals surface area contributed by atoms with E-state index in [1.807, 2.05) is 97.3 Å². The molecule has 10 rings (SSSR count). The Hall–Kier alpha value is -8.80. The van der Waals surface area contributed by atoms with E-state index in [-0.39, 0.29) is 24.9 Å². The van der Waals surface area contributed by atoms with Gasteiger partial charge in [-0.1, -0.05) is 34.7 Å². The van der Waals surface area contributed by atoms with Crippen LogP contribution in [0.1, 0.15) is 34.0 Å². The van der Waals surface area contributed by atoms with Gasteiger partial charge in [-0.2, -0.15) is 0 Å². The molecule has 0 radical (unpaired) electrons. The molecule has 0 atom stereocenters. The summed E-state index contributed by atoms with van der Waals surface area (Å²) in [5.41, 5.74) is 19.0. The van der Waals surface area contributed by atoms with Crippen molar-refractivity contribution in [3.05, 3.63) is 156 Å². The van der Waals surface area contributed by atoms with Crippen molar-refractivity contribution in [3.8, 4) is 45.8 Å². The van der Waals surface area contributed by atoms with Crippen LogP contribution in [-0.2, 0) is 26.3 Å². The molecule has 0 saturated heterocycles. The molecule has 6 aromatic heterocycles. The molecule has 0 saturated carbocycles. The van der Waals surface area contributed by atoms with E-state index >= 15 is 0 Å². The number of nitrogens with two attached hydrogens (primary N) is 2. The maximum atomic E-state index is 7.67. The van der Waals surface area contributed by atoms with Crippen molar-refractivity contribution in [2.24, 2.45) is 11.5 Å². The highest BCUT2D eigenvalue weighted by atomic mass is 16.5. The second-order valence-corrected chi connectivity index (χ2v) is 14.4. The number of furan rings is 2. The number of amidine groups is 2. The Bertz CT molecular complexity index is 3010. The first-order valence-corrected chi connectivity index (χ1v) is 19.4. The second-order valence-electron chi connectivity index (χ2n) is 14.4. The monoisotopic (exact) mass is 824 g/mol. The van der Waals surface area contributed by atoms with Gasteiger partial charge in [-0.25, -0.2) is 19.3 Å². The Morgan fingerprint density at radius 3 is 1.42 bits per heavy atom. The number of H-pyrrole nitrogens is 2. The van der Waals surface area contributed by atoms with Gasteiger partial charge in [0, 0.05) is 11.1 Å². The number of nitrogens with one attached hydrogen (secondary N) is 4. The number of nitrogens with zero attached hydrogens (tertiary/aromatic N) is 8. The minimum Gasteiger partial charge on any atom is -0.487 e. The highest BCUT2D eigenvalue weighted by molar-refractivity contribution is 5.99. The first-order valence-electron chi connectivity index (χ1n) is 19.4. The summed E-state index contributed by atoms with van der Waals surface area (Å²) in [5.74, 6) is 5.11. The predicted octanol–water partition coefficient (Wildman–Crippen LogP) is 6.63. The maximum absolute atomic E-state index is 7.67. The molecular weight excluding hydrogens is 789 g/mol. The first-order chi connectivity index (χ1) is 30.2. The molecule has 306 valence electrons.